The Balaban J connectivity index is 1.75. The Morgan fingerprint density at radius 1 is 1.07 bits per heavy atom. The molecule has 148 valence electrons. The van der Waals surface area contributed by atoms with Crippen LogP contribution in [0.4, 0.5) is 13.2 Å². The van der Waals surface area contributed by atoms with E-state index in [1.54, 1.807) is 0 Å². The van der Waals surface area contributed by atoms with Gasteiger partial charge < -0.3 is 15.2 Å². The molecule has 28 heavy (non-hydrogen) atoms. The third-order valence-electron chi connectivity index (χ3n) is 4.68. The Bertz CT molecular complexity index is 857. The van der Waals surface area contributed by atoms with E-state index in [2.05, 4.69) is 5.32 Å². The topological polar surface area (TPSA) is 75.6 Å². The Morgan fingerprint density at radius 2 is 1.71 bits per heavy atom. The van der Waals surface area contributed by atoms with E-state index >= 15 is 0 Å². The van der Waals surface area contributed by atoms with E-state index in [1.807, 2.05) is 0 Å². The molecule has 2 aromatic rings. The van der Waals surface area contributed by atoms with E-state index in [-0.39, 0.29) is 23.7 Å². The van der Waals surface area contributed by atoms with Gasteiger partial charge in [0.1, 0.15) is 6.04 Å². The van der Waals surface area contributed by atoms with Gasteiger partial charge in [-0.25, -0.2) is 18.0 Å². The number of hydrogen-bond donors (Lipinski definition) is 2. The number of hydrogen-bond acceptors (Lipinski definition) is 3. The minimum atomic E-state index is -1.55. The van der Waals surface area contributed by atoms with Crippen LogP contribution in [0.25, 0.3) is 11.1 Å². The Labute approximate surface area is 159 Å². The lowest BCUT2D eigenvalue weighted by molar-refractivity contribution is -0.142. The smallest absolute Gasteiger partial charge is 0.326 e. The van der Waals surface area contributed by atoms with Crippen molar-refractivity contribution in [1.82, 2.24) is 5.32 Å². The predicted molar refractivity (Wildman–Crippen MR) is 94.2 cm³/mol. The second kappa shape index (κ2) is 8.43. The molecule has 0 aliphatic carbocycles. The molecular weight excluding hydrogens is 375 g/mol. The van der Waals surface area contributed by atoms with Gasteiger partial charge in [0.05, 0.1) is 6.61 Å². The molecule has 1 amide bonds. The van der Waals surface area contributed by atoms with Gasteiger partial charge in [-0.15, -0.1) is 0 Å². The highest BCUT2D eigenvalue weighted by atomic mass is 19.2. The number of amides is 1. The normalized spacial score (nSPS) is 17.8. The maximum Gasteiger partial charge on any atom is 0.326 e. The first-order valence-electron chi connectivity index (χ1n) is 8.73. The first-order valence-corrected chi connectivity index (χ1v) is 8.73. The highest BCUT2D eigenvalue weighted by molar-refractivity contribution is 5.97. The minimum absolute atomic E-state index is 0.117. The number of nitrogens with one attached hydrogen (secondary N) is 1. The molecule has 1 saturated heterocycles. The number of benzene rings is 2. The van der Waals surface area contributed by atoms with Crippen molar-refractivity contribution in [2.45, 2.75) is 18.9 Å². The molecule has 1 fully saturated rings. The molecule has 1 aliphatic heterocycles. The van der Waals surface area contributed by atoms with Crippen molar-refractivity contribution in [2.24, 2.45) is 5.92 Å². The van der Waals surface area contributed by atoms with Crippen LogP contribution in [0.5, 0.6) is 0 Å². The lowest BCUT2D eigenvalue weighted by Gasteiger charge is -2.28. The molecule has 2 atom stereocenters. The molecule has 0 aromatic heterocycles. The summed E-state index contributed by atoms with van der Waals surface area (Å²) in [6.45, 7) is 0.834. The third-order valence-corrected chi connectivity index (χ3v) is 4.68. The lowest BCUT2D eigenvalue weighted by Crippen LogP contribution is -2.48. The minimum Gasteiger partial charge on any atom is -0.480 e. The number of aliphatic carboxylic acids is 1. The summed E-state index contributed by atoms with van der Waals surface area (Å²) >= 11 is 0. The van der Waals surface area contributed by atoms with E-state index in [0.29, 0.717) is 18.6 Å². The van der Waals surface area contributed by atoms with Gasteiger partial charge in [-0.2, -0.15) is 0 Å². The molecule has 8 heteroatoms. The first-order chi connectivity index (χ1) is 13.4. The summed E-state index contributed by atoms with van der Waals surface area (Å²) in [4.78, 5) is 23.9. The van der Waals surface area contributed by atoms with Gasteiger partial charge in [0.15, 0.2) is 17.5 Å². The first kappa shape index (κ1) is 19.9. The molecule has 1 aliphatic rings. The predicted octanol–water partition coefficient (Wildman–Crippen LogP) is 3.38. The van der Waals surface area contributed by atoms with Gasteiger partial charge in [-0.05, 0) is 48.2 Å². The van der Waals surface area contributed by atoms with Crippen molar-refractivity contribution in [3.05, 3.63) is 59.4 Å². The number of halogens is 3. The van der Waals surface area contributed by atoms with Crippen LogP contribution in [-0.2, 0) is 9.53 Å². The summed E-state index contributed by atoms with van der Waals surface area (Å²) < 4.78 is 45.1. The van der Waals surface area contributed by atoms with Gasteiger partial charge in [-0.1, -0.05) is 12.1 Å². The fraction of sp³-hybridized carbons (Fsp3) is 0.300. The van der Waals surface area contributed by atoms with Gasteiger partial charge in [-0.3, -0.25) is 4.79 Å². The van der Waals surface area contributed by atoms with E-state index in [1.165, 1.54) is 24.3 Å². The zero-order valence-electron chi connectivity index (χ0n) is 14.8. The molecular formula is C20H18F3NO4. The summed E-state index contributed by atoms with van der Waals surface area (Å²) in [5.74, 6) is -6.21. The van der Waals surface area contributed by atoms with Gasteiger partial charge in [0.25, 0.3) is 5.91 Å². The number of carbonyl (C=O) groups is 2. The monoisotopic (exact) mass is 393 g/mol. The van der Waals surface area contributed by atoms with Crippen LogP contribution in [0.15, 0.2) is 36.4 Å². The van der Waals surface area contributed by atoms with Crippen molar-refractivity contribution in [3.63, 3.8) is 0 Å². The summed E-state index contributed by atoms with van der Waals surface area (Å²) in [6.07, 6.45) is 1.36. The fourth-order valence-corrected chi connectivity index (χ4v) is 3.17. The quantitative estimate of drug-likeness (QED) is 0.764. The number of ether oxygens (including phenoxy) is 1. The van der Waals surface area contributed by atoms with Crippen LogP contribution in [-0.4, -0.2) is 36.2 Å². The molecule has 5 nitrogen and oxygen atoms in total. The average molecular weight is 393 g/mol. The van der Waals surface area contributed by atoms with Gasteiger partial charge in [0.2, 0.25) is 0 Å². The van der Waals surface area contributed by atoms with Crippen molar-refractivity contribution < 1.29 is 32.6 Å². The molecule has 2 aromatic carbocycles. The van der Waals surface area contributed by atoms with E-state index in [4.69, 9.17) is 4.74 Å². The van der Waals surface area contributed by atoms with Gasteiger partial charge in [0, 0.05) is 18.1 Å². The molecule has 2 unspecified atom stereocenters. The average Bonchev–Trinajstić information content (AvgIpc) is 2.70. The number of rotatable bonds is 5. The summed E-state index contributed by atoms with van der Waals surface area (Å²) in [7, 11) is 0. The standard InChI is InChI=1S/C20H18F3NO4/c21-15-8-14(9-16(22)17(15)23)11-3-5-12(6-4-11)19(25)24-18(20(26)27)13-2-1-7-28-10-13/h3-6,8-9,13,18H,1-2,7,10H2,(H,24,25)(H,26,27). The zero-order valence-corrected chi connectivity index (χ0v) is 14.8. The summed E-state index contributed by atoms with van der Waals surface area (Å²) in [5.41, 5.74) is 0.686. The fourth-order valence-electron chi connectivity index (χ4n) is 3.17. The third kappa shape index (κ3) is 4.33. The van der Waals surface area contributed by atoms with E-state index in [9.17, 15) is 27.9 Å². The second-order valence-corrected chi connectivity index (χ2v) is 6.60. The molecule has 0 bridgehead atoms. The van der Waals surface area contributed by atoms with Crippen molar-refractivity contribution in [2.75, 3.05) is 13.2 Å². The highest BCUT2D eigenvalue weighted by Crippen LogP contribution is 2.24. The molecule has 0 spiro atoms. The zero-order chi connectivity index (χ0) is 20.3. The van der Waals surface area contributed by atoms with Crippen LogP contribution >= 0.6 is 0 Å². The SMILES string of the molecule is O=C(NC(C(=O)O)C1CCCOC1)c1ccc(-c2cc(F)c(F)c(F)c2)cc1. The summed E-state index contributed by atoms with van der Waals surface area (Å²) in [5, 5.41) is 11.9. The van der Waals surface area contributed by atoms with E-state index < -0.39 is 35.4 Å². The number of carboxylic acids is 1. The van der Waals surface area contributed by atoms with Crippen LogP contribution < -0.4 is 5.32 Å². The van der Waals surface area contributed by atoms with Crippen LogP contribution in [0, 0.1) is 23.4 Å². The molecule has 0 radical (unpaired) electrons. The number of carboxylic acid groups (broad SMARTS) is 1. The number of carbonyl (C=O) groups excluding carboxylic acids is 1. The maximum absolute atomic E-state index is 13.4. The van der Waals surface area contributed by atoms with Crippen molar-refractivity contribution in [3.8, 4) is 11.1 Å². The largest absolute Gasteiger partial charge is 0.480 e. The second-order valence-electron chi connectivity index (χ2n) is 6.60. The molecule has 3 rings (SSSR count). The highest BCUT2D eigenvalue weighted by Gasteiger charge is 2.31. The van der Waals surface area contributed by atoms with E-state index in [0.717, 1.165) is 18.6 Å². The Hall–Kier alpha value is -2.87. The van der Waals surface area contributed by atoms with Crippen LogP contribution in [0.2, 0.25) is 0 Å². The van der Waals surface area contributed by atoms with Crippen LogP contribution in [0.1, 0.15) is 23.2 Å². The maximum atomic E-state index is 13.4. The Morgan fingerprint density at radius 3 is 2.25 bits per heavy atom. The summed E-state index contributed by atoms with van der Waals surface area (Å²) in [6, 6.07) is 6.34. The van der Waals surface area contributed by atoms with Gasteiger partial charge >= 0.3 is 5.97 Å². The van der Waals surface area contributed by atoms with Crippen molar-refractivity contribution in [1.29, 1.82) is 0 Å². The molecule has 2 N–H and O–H groups in total. The lowest BCUT2D eigenvalue weighted by atomic mass is 9.93. The van der Waals surface area contributed by atoms with Crippen molar-refractivity contribution >= 4 is 11.9 Å². The molecule has 0 saturated carbocycles. The molecule has 1 heterocycles. The van der Waals surface area contributed by atoms with Crippen LogP contribution in [0.3, 0.4) is 0 Å². The Kier molecular flexibility index (Phi) is 5.99.